The first-order valence-electron chi connectivity index (χ1n) is 5.30. The van der Waals surface area contributed by atoms with Crippen molar-refractivity contribution < 1.29 is 4.52 Å². The lowest BCUT2D eigenvalue weighted by Crippen LogP contribution is -1.88. The van der Waals surface area contributed by atoms with E-state index in [2.05, 4.69) is 20.1 Å². The fourth-order valence-corrected chi connectivity index (χ4v) is 1.46. The van der Waals surface area contributed by atoms with E-state index >= 15 is 0 Å². The average Bonchev–Trinajstić information content (AvgIpc) is 2.90. The van der Waals surface area contributed by atoms with Gasteiger partial charge in [-0.25, -0.2) is 4.98 Å². The highest BCUT2D eigenvalue weighted by Gasteiger charge is 2.11. The van der Waals surface area contributed by atoms with E-state index < -0.39 is 0 Å². The Morgan fingerprint density at radius 1 is 1.00 bits per heavy atom. The van der Waals surface area contributed by atoms with Gasteiger partial charge in [0.1, 0.15) is 11.4 Å². The minimum Gasteiger partial charge on any atom is -0.397 e. The topological polar surface area (TPSA) is 90.7 Å². The summed E-state index contributed by atoms with van der Waals surface area (Å²) in [6.07, 6.45) is 3.22. The first kappa shape index (κ1) is 10.4. The van der Waals surface area contributed by atoms with E-state index in [1.54, 1.807) is 24.5 Å². The van der Waals surface area contributed by atoms with E-state index in [0.717, 1.165) is 0 Å². The van der Waals surface area contributed by atoms with Crippen LogP contribution in [0.4, 0.5) is 5.69 Å². The van der Waals surface area contributed by atoms with Gasteiger partial charge in [-0.15, -0.1) is 0 Å². The molecule has 0 atom stereocenters. The predicted molar refractivity (Wildman–Crippen MR) is 65.2 cm³/mol. The number of pyridine rings is 2. The molecule has 6 heteroatoms. The van der Waals surface area contributed by atoms with Crippen LogP contribution in [0.2, 0.25) is 0 Å². The molecule has 3 heterocycles. The molecule has 0 unspecified atom stereocenters. The van der Waals surface area contributed by atoms with Gasteiger partial charge in [-0.1, -0.05) is 11.2 Å². The van der Waals surface area contributed by atoms with E-state index in [4.69, 9.17) is 10.3 Å². The fourth-order valence-electron chi connectivity index (χ4n) is 1.46. The number of nitrogen functional groups attached to an aromatic ring is 1. The lowest BCUT2D eigenvalue weighted by Gasteiger charge is -1.93. The van der Waals surface area contributed by atoms with E-state index in [-0.39, 0.29) is 0 Å². The molecule has 0 spiro atoms. The van der Waals surface area contributed by atoms with Crippen molar-refractivity contribution in [2.45, 2.75) is 0 Å². The molecular formula is C12H9N5O. The Kier molecular flexibility index (Phi) is 2.45. The van der Waals surface area contributed by atoms with Gasteiger partial charge in [-0.05, 0) is 24.3 Å². The van der Waals surface area contributed by atoms with Gasteiger partial charge in [0, 0.05) is 6.20 Å². The maximum Gasteiger partial charge on any atom is 0.276 e. The van der Waals surface area contributed by atoms with Gasteiger partial charge in [0.25, 0.3) is 5.89 Å². The van der Waals surface area contributed by atoms with Crippen LogP contribution >= 0.6 is 0 Å². The minimum absolute atomic E-state index is 0.343. The summed E-state index contributed by atoms with van der Waals surface area (Å²) in [5, 5.41) is 3.87. The Morgan fingerprint density at radius 3 is 2.67 bits per heavy atom. The zero-order valence-corrected chi connectivity index (χ0v) is 9.32. The minimum atomic E-state index is 0.343. The third kappa shape index (κ3) is 1.91. The summed E-state index contributed by atoms with van der Waals surface area (Å²) in [6, 6.07) is 8.95. The maximum atomic E-state index is 5.56. The standard InChI is InChI=1S/C12H9N5O/c13-8-4-5-10(15-7-8)12-16-11(17-18-12)9-3-1-2-6-14-9/h1-7H,13H2. The van der Waals surface area contributed by atoms with Crippen LogP contribution in [-0.2, 0) is 0 Å². The summed E-state index contributed by atoms with van der Waals surface area (Å²) in [6.45, 7) is 0. The number of hydrogen-bond acceptors (Lipinski definition) is 6. The van der Waals surface area contributed by atoms with Crippen molar-refractivity contribution in [3.8, 4) is 23.1 Å². The number of aromatic nitrogens is 4. The van der Waals surface area contributed by atoms with E-state index in [1.165, 1.54) is 0 Å². The van der Waals surface area contributed by atoms with E-state index in [9.17, 15) is 0 Å². The molecule has 6 nitrogen and oxygen atoms in total. The quantitative estimate of drug-likeness (QED) is 0.732. The SMILES string of the molecule is Nc1ccc(-c2nc(-c3ccccn3)no2)nc1. The number of nitrogens with zero attached hydrogens (tertiary/aromatic N) is 4. The Morgan fingerprint density at radius 2 is 1.94 bits per heavy atom. The predicted octanol–water partition coefficient (Wildman–Crippen LogP) is 1.78. The molecule has 18 heavy (non-hydrogen) atoms. The van der Waals surface area contributed by atoms with Gasteiger partial charge >= 0.3 is 0 Å². The summed E-state index contributed by atoms with van der Waals surface area (Å²) >= 11 is 0. The Bertz CT molecular complexity index is 648. The molecule has 0 amide bonds. The molecule has 0 saturated heterocycles. The molecule has 0 bridgehead atoms. The highest BCUT2D eigenvalue weighted by molar-refractivity contribution is 5.55. The highest BCUT2D eigenvalue weighted by atomic mass is 16.5. The van der Waals surface area contributed by atoms with Crippen molar-refractivity contribution in [2.24, 2.45) is 0 Å². The van der Waals surface area contributed by atoms with Gasteiger partial charge in [0.05, 0.1) is 11.9 Å². The molecular weight excluding hydrogens is 230 g/mol. The molecule has 0 saturated carbocycles. The van der Waals surface area contributed by atoms with E-state index in [1.807, 2.05) is 18.2 Å². The van der Waals surface area contributed by atoms with Crippen molar-refractivity contribution >= 4 is 5.69 Å². The lowest BCUT2D eigenvalue weighted by atomic mass is 10.3. The van der Waals surface area contributed by atoms with Crippen LogP contribution in [0.25, 0.3) is 23.1 Å². The van der Waals surface area contributed by atoms with Crippen molar-refractivity contribution in [2.75, 3.05) is 5.73 Å². The molecule has 3 aromatic heterocycles. The lowest BCUT2D eigenvalue weighted by molar-refractivity contribution is 0.431. The van der Waals surface area contributed by atoms with Gasteiger partial charge in [-0.2, -0.15) is 4.98 Å². The van der Waals surface area contributed by atoms with Crippen LogP contribution in [-0.4, -0.2) is 20.1 Å². The molecule has 0 aromatic carbocycles. The number of hydrogen-bond donors (Lipinski definition) is 1. The zero-order valence-electron chi connectivity index (χ0n) is 9.32. The number of rotatable bonds is 2. The molecule has 3 aromatic rings. The van der Waals surface area contributed by atoms with Crippen molar-refractivity contribution in [3.63, 3.8) is 0 Å². The maximum absolute atomic E-state index is 5.56. The largest absolute Gasteiger partial charge is 0.397 e. The smallest absolute Gasteiger partial charge is 0.276 e. The third-order valence-electron chi connectivity index (χ3n) is 2.33. The van der Waals surface area contributed by atoms with Gasteiger partial charge in [0.2, 0.25) is 5.82 Å². The van der Waals surface area contributed by atoms with Crippen LogP contribution in [0.5, 0.6) is 0 Å². The molecule has 2 N–H and O–H groups in total. The number of nitrogens with two attached hydrogens (primary N) is 1. The van der Waals surface area contributed by atoms with E-state index in [0.29, 0.717) is 28.8 Å². The second-order valence-corrected chi connectivity index (χ2v) is 3.61. The zero-order chi connectivity index (χ0) is 12.4. The van der Waals surface area contributed by atoms with Crippen LogP contribution < -0.4 is 5.73 Å². The first-order valence-corrected chi connectivity index (χ1v) is 5.30. The van der Waals surface area contributed by atoms with Crippen LogP contribution in [0.1, 0.15) is 0 Å². The molecule has 0 radical (unpaired) electrons. The van der Waals surface area contributed by atoms with Crippen molar-refractivity contribution in [3.05, 3.63) is 42.7 Å². The van der Waals surface area contributed by atoms with Gasteiger partial charge in [0.15, 0.2) is 0 Å². The molecule has 0 aliphatic heterocycles. The third-order valence-corrected chi connectivity index (χ3v) is 2.33. The Balaban J connectivity index is 1.97. The molecule has 0 fully saturated rings. The van der Waals surface area contributed by atoms with Crippen molar-refractivity contribution in [1.82, 2.24) is 20.1 Å². The Labute approximate surface area is 103 Å². The second kappa shape index (κ2) is 4.25. The second-order valence-electron chi connectivity index (χ2n) is 3.61. The first-order chi connectivity index (χ1) is 8.83. The normalized spacial score (nSPS) is 10.4. The summed E-state index contributed by atoms with van der Waals surface area (Å²) in [5.41, 5.74) is 7.39. The van der Waals surface area contributed by atoms with Crippen molar-refractivity contribution in [1.29, 1.82) is 0 Å². The molecule has 3 rings (SSSR count). The summed E-state index contributed by atoms with van der Waals surface area (Å²) < 4.78 is 5.14. The van der Waals surface area contributed by atoms with Crippen LogP contribution in [0.3, 0.4) is 0 Å². The summed E-state index contributed by atoms with van der Waals surface area (Å²) in [5.74, 6) is 0.778. The van der Waals surface area contributed by atoms with Crippen LogP contribution in [0, 0.1) is 0 Å². The van der Waals surface area contributed by atoms with Crippen LogP contribution in [0.15, 0.2) is 47.2 Å². The van der Waals surface area contributed by atoms with Gasteiger partial charge in [-0.3, -0.25) is 4.98 Å². The number of anilines is 1. The monoisotopic (exact) mass is 239 g/mol. The molecule has 0 aliphatic carbocycles. The summed E-state index contributed by atoms with van der Waals surface area (Å²) in [7, 11) is 0. The van der Waals surface area contributed by atoms with Gasteiger partial charge < -0.3 is 10.3 Å². The molecule has 88 valence electrons. The average molecular weight is 239 g/mol. The molecule has 0 aliphatic rings. The summed E-state index contributed by atoms with van der Waals surface area (Å²) in [4.78, 5) is 12.5. The fraction of sp³-hybridized carbons (Fsp3) is 0. The highest BCUT2D eigenvalue weighted by Crippen LogP contribution is 2.19. The Hall–Kier alpha value is -2.76.